The Bertz CT molecular complexity index is 296. The molecule has 20 heavy (non-hydrogen) atoms. The van der Waals surface area contributed by atoms with Gasteiger partial charge < -0.3 is 20.5 Å². The Morgan fingerprint density at radius 1 is 1.30 bits per heavy atom. The molecular weight excluding hydrogens is 369 g/mol. The molecule has 0 aromatic rings. The van der Waals surface area contributed by atoms with Crippen molar-refractivity contribution in [1.29, 1.82) is 0 Å². The van der Waals surface area contributed by atoms with Crippen molar-refractivity contribution >= 4 is 29.9 Å². The summed E-state index contributed by atoms with van der Waals surface area (Å²) in [6.45, 7) is 6.28. The van der Waals surface area contributed by atoms with Gasteiger partial charge in [0, 0.05) is 38.1 Å². The molecule has 1 aliphatic carbocycles. The zero-order chi connectivity index (χ0) is 13.5. The molecule has 6 heteroatoms. The Morgan fingerprint density at radius 2 is 2.15 bits per heavy atom. The maximum Gasteiger partial charge on any atom is 0.191 e. The van der Waals surface area contributed by atoms with Gasteiger partial charge in [-0.3, -0.25) is 4.99 Å². The number of aliphatic hydroxyl groups excluding tert-OH is 1. The minimum absolute atomic E-state index is 0. The summed E-state index contributed by atoms with van der Waals surface area (Å²) in [6.07, 6.45) is 4.17. The van der Waals surface area contributed by atoms with E-state index in [1.807, 2.05) is 0 Å². The molecule has 1 aliphatic heterocycles. The minimum atomic E-state index is -0.140. The summed E-state index contributed by atoms with van der Waals surface area (Å²) in [7, 11) is 0. The molecule has 5 nitrogen and oxygen atoms in total. The zero-order valence-electron chi connectivity index (χ0n) is 12.3. The fraction of sp³-hybridized carbons (Fsp3) is 0.929. The molecule has 3 unspecified atom stereocenters. The Balaban J connectivity index is 0.00000200. The van der Waals surface area contributed by atoms with E-state index >= 15 is 0 Å². The van der Waals surface area contributed by atoms with Gasteiger partial charge in [0.05, 0.1) is 12.7 Å². The van der Waals surface area contributed by atoms with Crippen LogP contribution >= 0.6 is 24.0 Å². The highest BCUT2D eigenvalue weighted by Gasteiger charge is 2.25. The van der Waals surface area contributed by atoms with Crippen LogP contribution < -0.4 is 10.6 Å². The van der Waals surface area contributed by atoms with Crippen LogP contribution in [0.4, 0.5) is 0 Å². The third kappa shape index (κ3) is 5.73. The molecule has 2 fully saturated rings. The Hall–Kier alpha value is -0.0800. The molecule has 2 aliphatic rings. The molecule has 118 valence electrons. The summed E-state index contributed by atoms with van der Waals surface area (Å²) in [5.41, 5.74) is 0. The lowest BCUT2D eigenvalue weighted by Crippen LogP contribution is -2.41. The van der Waals surface area contributed by atoms with Crippen LogP contribution in [0.2, 0.25) is 0 Å². The molecule has 1 saturated heterocycles. The first-order valence-corrected chi connectivity index (χ1v) is 7.57. The molecule has 1 saturated carbocycles. The molecular formula is C14H28IN3O2. The fourth-order valence-electron chi connectivity index (χ4n) is 2.77. The maximum absolute atomic E-state index is 9.82. The summed E-state index contributed by atoms with van der Waals surface area (Å²) in [5.74, 6) is 1.81. The number of nitrogens with zero attached hydrogens (tertiary/aromatic N) is 1. The molecule has 3 atom stereocenters. The fourth-order valence-corrected chi connectivity index (χ4v) is 2.77. The van der Waals surface area contributed by atoms with Crippen LogP contribution in [-0.2, 0) is 4.74 Å². The summed E-state index contributed by atoms with van der Waals surface area (Å²) in [4.78, 5) is 4.61. The van der Waals surface area contributed by atoms with E-state index in [0.717, 1.165) is 64.5 Å². The summed E-state index contributed by atoms with van der Waals surface area (Å²) >= 11 is 0. The number of aliphatic imine (C=N–C) groups is 1. The molecule has 3 N–H and O–H groups in total. The van der Waals surface area contributed by atoms with Crippen LogP contribution in [-0.4, -0.2) is 50.0 Å². The van der Waals surface area contributed by atoms with E-state index in [4.69, 9.17) is 4.74 Å². The van der Waals surface area contributed by atoms with Crippen molar-refractivity contribution in [3.05, 3.63) is 0 Å². The van der Waals surface area contributed by atoms with Crippen molar-refractivity contribution in [3.63, 3.8) is 0 Å². The van der Waals surface area contributed by atoms with Crippen LogP contribution in [0.1, 0.15) is 32.6 Å². The van der Waals surface area contributed by atoms with Crippen molar-refractivity contribution in [1.82, 2.24) is 10.6 Å². The number of guanidine groups is 1. The number of ether oxygens (including phenoxy) is 1. The average molecular weight is 397 g/mol. The maximum atomic E-state index is 9.82. The van der Waals surface area contributed by atoms with Gasteiger partial charge in [0.15, 0.2) is 5.96 Å². The number of aliphatic hydroxyl groups is 1. The quantitative estimate of drug-likeness (QED) is 0.373. The number of hydrogen-bond donors (Lipinski definition) is 3. The largest absolute Gasteiger partial charge is 0.393 e. The van der Waals surface area contributed by atoms with E-state index in [9.17, 15) is 5.11 Å². The SMILES string of the molecule is CCNC(=NCC1CCOC1)NCC1CCCC1O.I. The van der Waals surface area contributed by atoms with E-state index in [1.165, 1.54) is 0 Å². The van der Waals surface area contributed by atoms with E-state index in [-0.39, 0.29) is 30.1 Å². The highest BCUT2D eigenvalue weighted by Crippen LogP contribution is 2.24. The highest BCUT2D eigenvalue weighted by atomic mass is 127. The van der Waals surface area contributed by atoms with Gasteiger partial charge in [0.25, 0.3) is 0 Å². The van der Waals surface area contributed by atoms with Gasteiger partial charge >= 0.3 is 0 Å². The van der Waals surface area contributed by atoms with Crippen LogP contribution in [0.15, 0.2) is 4.99 Å². The van der Waals surface area contributed by atoms with Crippen molar-refractivity contribution in [2.75, 3.05) is 32.8 Å². The minimum Gasteiger partial charge on any atom is -0.393 e. The lowest BCUT2D eigenvalue weighted by molar-refractivity contribution is 0.134. The van der Waals surface area contributed by atoms with Gasteiger partial charge in [-0.2, -0.15) is 0 Å². The predicted molar refractivity (Wildman–Crippen MR) is 91.7 cm³/mol. The van der Waals surface area contributed by atoms with Gasteiger partial charge in [-0.05, 0) is 26.2 Å². The first-order valence-electron chi connectivity index (χ1n) is 7.57. The molecule has 0 spiro atoms. The number of rotatable bonds is 5. The van der Waals surface area contributed by atoms with Gasteiger partial charge in [-0.15, -0.1) is 24.0 Å². The molecule has 0 aromatic heterocycles. The monoisotopic (exact) mass is 397 g/mol. The third-order valence-corrected chi connectivity index (χ3v) is 4.03. The van der Waals surface area contributed by atoms with Gasteiger partial charge in [0.1, 0.15) is 0 Å². The highest BCUT2D eigenvalue weighted by molar-refractivity contribution is 14.0. The van der Waals surface area contributed by atoms with E-state index in [1.54, 1.807) is 0 Å². The van der Waals surface area contributed by atoms with E-state index in [2.05, 4.69) is 22.5 Å². The summed E-state index contributed by atoms with van der Waals surface area (Å²) in [6, 6.07) is 0. The first kappa shape index (κ1) is 18.0. The van der Waals surface area contributed by atoms with Crippen LogP contribution in [0.25, 0.3) is 0 Å². The second-order valence-corrected chi connectivity index (χ2v) is 5.59. The van der Waals surface area contributed by atoms with Crippen molar-refractivity contribution in [2.24, 2.45) is 16.8 Å². The van der Waals surface area contributed by atoms with Gasteiger partial charge in [-0.1, -0.05) is 6.42 Å². The molecule has 0 amide bonds. The van der Waals surface area contributed by atoms with Crippen molar-refractivity contribution < 1.29 is 9.84 Å². The second-order valence-electron chi connectivity index (χ2n) is 5.59. The second kappa shape index (κ2) is 9.78. The summed E-state index contributed by atoms with van der Waals surface area (Å²) < 4.78 is 5.36. The van der Waals surface area contributed by atoms with Crippen molar-refractivity contribution in [3.8, 4) is 0 Å². The molecule has 1 heterocycles. The average Bonchev–Trinajstić information content (AvgIpc) is 3.04. The number of nitrogens with one attached hydrogen (secondary N) is 2. The Morgan fingerprint density at radius 3 is 2.75 bits per heavy atom. The van der Waals surface area contributed by atoms with Crippen LogP contribution in [0.3, 0.4) is 0 Å². The van der Waals surface area contributed by atoms with E-state index < -0.39 is 0 Å². The predicted octanol–water partition coefficient (Wildman–Crippen LogP) is 1.36. The smallest absolute Gasteiger partial charge is 0.191 e. The van der Waals surface area contributed by atoms with Gasteiger partial charge in [-0.25, -0.2) is 0 Å². The third-order valence-electron chi connectivity index (χ3n) is 4.03. The molecule has 0 radical (unpaired) electrons. The van der Waals surface area contributed by atoms with Gasteiger partial charge in [0.2, 0.25) is 0 Å². The number of hydrogen-bond acceptors (Lipinski definition) is 3. The summed E-state index contributed by atoms with van der Waals surface area (Å²) in [5, 5.41) is 16.4. The number of halogens is 1. The van der Waals surface area contributed by atoms with Crippen LogP contribution in [0, 0.1) is 11.8 Å². The first-order chi connectivity index (χ1) is 9.29. The molecule has 0 bridgehead atoms. The Kier molecular flexibility index (Phi) is 8.79. The van der Waals surface area contributed by atoms with E-state index in [0.29, 0.717) is 11.8 Å². The van der Waals surface area contributed by atoms with Crippen molar-refractivity contribution in [2.45, 2.75) is 38.7 Å². The van der Waals surface area contributed by atoms with Crippen LogP contribution in [0.5, 0.6) is 0 Å². The lowest BCUT2D eigenvalue weighted by Gasteiger charge is -2.18. The molecule has 2 rings (SSSR count). The Labute approximate surface area is 139 Å². The topological polar surface area (TPSA) is 65.9 Å². The normalized spacial score (nSPS) is 30.1. The zero-order valence-corrected chi connectivity index (χ0v) is 14.6. The lowest BCUT2D eigenvalue weighted by atomic mass is 10.1. The standard InChI is InChI=1S/C14H27N3O2.HI/c1-2-15-14(16-8-11-6-7-19-10-11)17-9-12-4-3-5-13(12)18;/h11-13,18H,2-10H2,1H3,(H2,15,16,17);1H. The molecule has 0 aromatic carbocycles.